The molecule has 0 saturated carbocycles. The monoisotopic (exact) mass is 408 g/mol. The van der Waals surface area contributed by atoms with Gasteiger partial charge >= 0.3 is 5.97 Å². The van der Waals surface area contributed by atoms with Crippen LogP contribution >= 0.6 is 0 Å². The molecule has 2 rings (SSSR count). The second-order valence-corrected chi connectivity index (χ2v) is 7.77. The Hall–Kier alpha value is -2.64. The molecule has 160 valence electrons. The molecule has 1 aromatic rings. The fourth-order valence-corrected chi connectivity index (χ4v) is 3.57. The molecule has 2 amide bonds. The molecule has 1 saturated heterocycles. The van der Waals surface area contributed by atoms with E-state index >= 15 is 0 Å². The van der Waals surface area contributed by atoms with Crippen molar-refractivity contribution in [1.82, 2.24) is 10.6 Å². The maximum Gasteiger partial charge on any atom is 0.328 e. The predicted octanol–water partition coefficient (Wildman–Crippen LogP) is 2.12. The van der Waals surface area contributed by atoms with Crippen LogP contribution in [-0.2, 0) is 25.5 Å². The number of hydrogen-bond acceptors (Lipinski definition) is 5. The average Bonchev–Trinajstić information content (AvgIpc) is 3.06. The zero-order valence-corrected chi connectivity index (χ0v) is 17.3. The second kappa shape index (κ2) is 9.71. The lowest BCUT2D eigenvalue weighted by Crippen LogP contribution is -2.47. The quantitative estimate of drug-likeness (QED) is 0.611. The summed E-state index contributed by atoms with van der Waals surface area (Å²) in [5, 5.41) is 5.62. The Balaban J connectivity index is 2.08. The first-order valence-corrected chi connectivity index (χ1v) is 9.70. The summed E-state index contributed by atoms with van der Waals surface area (Å²) in [5.74, 6) is -1.06. The van der Waals surface area contributed by atoms with Gasteiger partial charge in [-0.1, -0.05) is 19.9 Å². The largest absolute Gasteiger partial charge is 0.497 e. The van der Waals surface area contributed by atoms with Gasteiger partial charge in [0.15, 0.2) is 0 Å². The summed E-state index contributed by atoms with van der Waals surface area (Å²) < 4.78 is 24.2. The average molecular weight is 408 g/mol. The van der Waals surface area contributed by atoms with E-state index in [1.165, 1.54) is 20.3 Å². The minimum atomic E-state index is -0.736. The third-order valence-electron chi connectivity index (χ3n) is 5.29. The third kappa shape index (κ3) is 5.92. The summed E-state index contributed by atoms with van der Waals surface area (Å²) >= 11 is 0. The highest BCUT2D eigenvalue weighted by Gasteiger charge is 2.39. The zero-order valence-electron chi connectivity index (χ0n) is 17.3. The van der Waals surface area contributed by atoms with Crippen LogP contribution in [0.25, 0.3) is 0 Å². The fourth-order valence-electron chi connectivity index (χ4n) is 3.57. The Labute approximate surface area is 170 Å². The smallest absolute Gasteiger partial charge is 0.328 e. The summed E-state index contributed by atoms with van der Waals surface area (Å²) in [6, 6.07) is 3.86. The van der Waals surface area contributed by atoms with Gasteiger partial charge in [0.05, 0.1) is 14.2 Å². The van der Waals surface area contributed by atoms with Gasteiger partial charge in [0, 0.05) is 24.4 Å². The van der Waals surface area contributed by atoms with Crippen molar-refractivity contribution in [3.05, 3.63) is 29.6 Å². The topological polar surface area (TPSA) is 93.7 Å². The SMILES string of the molecule is COC(=O)[C@@H](NC(=O)CC[C@@]1(Cc2ccc(OC)cc2F)CCC(=O)N1)C(C)C. The first kappa shape index (κ1) is 22.6. The van der Waals surface area contributed by atoms with Crippen LogP contribution in [0.4, 0.5) is 4.39 Å². The van der Waals surface area contributed by atoms with Crippen LogP contribution in [0.1, 0.15) is 45.1 Å². The molecular weight excluding hydrogens is 379 g/mol. The maximum absolute atomic E-state index is 14.4. The molecule has 0 radical (unpaired) electrons. The van der Waals surface area contributed by atoms with Crippen LogP contribution in [0.3, 0.4) is 0 Å². The number of rotatable bonds is 9. The number of esters is 1. The van der Waals surface area contributed by atoms with E-state index in [1.54, 1.807) is 12.1 Å². The molecule has 1 aromatic carbocycles. The number of hydrogen-bond donors (Lipinski definition) is 2. The molecule has 8 heteroatoms. The summed E-state index contributed by atoms with van der Waals surface area (Å²) in [6.45, 7) is 3.63. The molecule has 0 spiro atoms. The van der Waals surface area contributed by atoms with Gasteiger partial charge < -0.3 is 20.1 Å². The molecule has 1 fully saturated rings. The standard InChI is InChI=1S/C21H29FN2O5/c1-13(2)19(20(27)29-4)23-17(25)7-9-21(10-8-18(26)24-21)12-14-5-6-15(28-3)11-16(14)22/h5-6,11,13,19H,7-10,12H2,1-4H3,(H,23,25)(H,24,26)/t19-,21-/m0/s1. The zero-order chi connectivity index (χ0) is 21.6. The summed E-state index contributed by atoms with van der Waals surface area (Å²) in [4.78, 5) is 36.2. The number of benzene rings is 1. The number of nitrogens with one attached hydrogen (secondary N) is 2. The van der Waals surface area contributed by atoms with E-state index in [4.69, 9.17) is 9.47 Å². The molecular formula is C21H29FN2O5. The van der Waals surface area contributed by atoms with Crippen LogP contribution in [0.2, 0.25) is 0 Å². The molecule has 0 bridgehead atoms. The van der Waals surface area contributed by atoms with Gasteiger partial charge in [0.1, 0.15) is 17.6 Å². The van der Waals surface area contributed by atoms with Gasteiger partial charge in [-0.3, -0.25) is 9.59 Å². The molecule has 7 nitrogen and oxygen atoms in total. The highest BCUT2D eigenvalue weighted by molar-refractivity contribution is 5.85. The molecule has 0 unspecified atom stereocenters. The number of amides is 2. The Bertz CT molecular complexity index is 767. The normalized spacial score (nSPS) is 19.6. The van der Waals surface area contributed by atoms with E-state index in [0.717, 1.165) is 0 Å². The molecule has 2 atom stereocenters. The Morgan fingerprint density at radius 2 is 2.03 bits per heavy atom. The van der Waals surface area contributed by atoms with Gasteiger partial charge in [0.25, 0.3) is 0 Å². The van der Waals surface area contributed by atoms with E-state index in [0.29, 0.717) is 30.6 Å². The van der Waals surface area contributed by atoms with Gasteiger partial charge in [0.2, 0.25) is 11.8 Å². The van der Waals surface area contributed by atoms with Crippen molar-refractivity contribution < 1.29 is 28.2 Å². The number of methoxy groups -OCH3 is 2. The second-order valence-electron chi connectivity index (χ2n) is 7.77. The Kier molecular flexibility index (Phi) is 7.59. The van der Waals surface area contributed by atoms with E-state index < -0.39 is 23.4 Å². The minimum absolute atomic E-state index is 0.0955. The maximum atomic E-state index is 14.4. The van der Waals surface area contributed by atoms with Crippen molar-refractivity contribution in [3.8, 4) is 5.75 Å². The van der Waals surface area contributed by atoms with Gasteiger partial charge in [-0.05, 0) is 36.8 Å². The summed E-state index contributed by atoms with van der Waals surface area (Å²) in [5.41, 5.74) is -0.259. The van der Waals surface area contributed by atoms with E-state index in [2.05, 4.69) is 10.6 Å². The first-order valence-electron chi connectivity index (χ1n) is 9.70. The number of ether oxygens (including phenoxy) is 2. The van der Waals surface area contributed by atoms with Gasteiger partial charge in [-0.15, -0.1) is 0 Å². The number of halogens is 1. The molecule has 2 N–H and O–H groups in total. The van der Waals surface area contributed by atoms with Crippen LogP contribution in [0, 0.1) is 11.7 Å². The van der Waals surface area contributed by atoms with Crippen LogP contribution < -0.4 is 15.4 Å². The Morgan fingerprint density at radius 1 is 1.31 bits per heavy atom. The van der Waals surface area contributed by atoms with Crippen molar-refractivity contribution in [2.75, 3.05) is 14.2 Å². The fraction of sp³-hybridized carbons (Fsp3) is 0.571. The van der Waals surface area contributed by atoms with Crippen molar-refractivity contribution in [2.45, 2.75) is 57.5 Å². The van der Waals surface area contributed by atoms with E-state index in [-0.39, 0.29) is 30.6 Å². The van der Waals surface area contributed by atoms with Crippen molar-refractivity contribution in [1.29, 1.82) is 0 Å². The molecule has 1 heterocycles. The summed E-state index contributed by atoms with van der Waals surface area (Å²) in [6.07, 6.45) is 1.54. The highest BCUT2D eigenvalue weighted by atomic mass is 19.1. The third-order valence-corrected chi connectivity index (χ3v) is 5.29. The minimum Gasteiger partial charge on any atom is -0.497 e. The molecule has 1 aliphatic rings. The molecule has 29 heavy (non-hydrogen) atoms. The number of carbonyl (C=O) groups is 3. The number of carbonyl (C=O) groups excluding carboxylic acids is 3. The Morgan fingerprint density at radius 3 is 2.55 bits per heavy atom. The van der Waals surface area contributed by atoms with E-state index in [9.17, 15) is 18.8 Å². The van der Waals surface area contributed by atoms with Crippen LogP contribution in [-0.4, -0.2) is 43.6 Å². The van der Waals surface area contributed by atoms with Crippen LogP contribution in [0.15, 0.2) is 18.2 Å². The highest BCUT2D eigenvalue weighted by Crippen LogP contribution is 2.31. The van der Waals surface area contributed by atoms with Crippen molar-refractivity contribution >= 4 is 17.8 Å². The molecule has 1 aliphatic heterocycles. The van der Waals surface area contributed by atoms with E-state index in [1.807, 2.05) is 13.8 Å². The summed E-state index contributed by atoms with van der Waals surface area (Å²) in [7, 11) is 2.74. The van der Waals surface area contributed by atoms with Gasteiger partial charge in [-0.2, -0.15) is 0 Å². The first-order chi connectivity index (χ1) is 13.7. The predicted molar refractivity (Wildman–Crippen MR) is 105 cm³/mol. The lowest BCUT2D eigenvalue weighted by molar-refractivity contribution is -0.146. The molecule has 0 aliphatic carbocycles. The van der Waals surface area contributed by atoms with Crippen molar-refractivity contribution in [2.24, 2.45) is 5.92 Å². The lowest BCUT2D eigenvalue weighted by atomic mass is 9.84. The lowest BCUT2D eigenvalue weighted by Gasteiger charge is -2.30. The van der Waals surface area contributed by atoms with Crippen LogP contribution in [0.5, 0.6) is 5.75 Å². The molecule has 0 aromatic heterocycles. The van der Waals surface area contributed by atoms with Crippen molar-refractivity contribution in [3.63, 3.8) is 0 Å². The van der Waals surface area contributed by atoms with Gasteiger partial charge in [-0.25, -0.2) is 9.18 Å².